The molecule has 3 aromatic carbocycles. The van der Waals surface area contributed by atoms with Crippen LogP contribution < -0.4 is 4.74 Å². The van der Waals surface area contributed by atoms with Gasteiger partial charge in [-0.05, 0) is 86.1 Å². The van der Waals surface area contributed by atoms with E-state index >= 15 is 0 Å². The fourth-order valence-electron chi connectivity index (χ4n) is 2.91. The molecule has 0 atom stereocenters. The normalized spacial score (nSPS) is 11.3. The predicted octanol–water partition coefficient (Wildman–Crippen LogP) is 8.68. The van der Waals surface area contributed by atoms with E-state index in [1.165, 1.54) is 26.2 Å². The maximum Gasteiger partial charge on any atom is 0.159 e. The molecule has 32 heavy (non-hydrogen) atoms. The van der Waals surface area contributed by atoms with Gasteiger partial charge in [-0.1, -0.05) is 26.2 Å². The van der Waals surface area contributed by atoms with Crippen LogP contribution >= 0.6 is 0 Å². The van der Waals surface area contributed by atoms with Crippen LogP contribution in [0.3, 0.4) is 0 Å². The van der Waals surface area contributed by atoms with Gasteiger partial charge in [0.25, 0.3) is 0 Å². The topological polar surface area (TPSA) is 75.7 Å². The summed E-state index contributed by atoms with van der Waals surface area (Å²) in [4.78, 5) is 11.3. The zero-order valence-corrected chi connectivity index (χ0v) is 18.6. The summed E-state index contributed by atoms with van der Waals surface area (Å²) in [7, 11) is 0. The molecule has 0 aliphatic heterocycles. The van der Waals surface area contributed by atoms with Crippen LogP contribution in [0, 0.1) is 0 Å². The summed E-state index contributed by atoms with van der Waals surface area (Å²) in [5, 5.41) is 16.9. The van der Waals surface area contributed by atoms with Crippen molar-refractivity contribution in [2.45, 2.75) is 39.5 Å². The highest BCUT2D eigenvalue weighted by molar-refractivity contribution is 5.94. The van der Waals surface area contributed by atoms with Gasteiger partial charge in [-0.3, -0.25) is 4.79 Å². The molecule has 0 radical (unpaired) electrons. The van der Waals surface area contributed by atoms with Crippen LogP contribution in [-0.2, 0) is 0 Å². The quantitative estimate of drug-likeness (QED) is 0.174. The first kappa shape index (κ1) is 23.0. The highest BCUT2D eigenvalue weighted by Crippen LogP contribution is 2.24. The van der Waals surface area contributed by atoms with Crippen LogP contribution in [0.1, 0.15) is 49.9 Å². The number of azo groups is 2. The summed E-state index contributed by atoms with van der Waals surface area (Å²) < 4.78 is 5.75. The van der Waals surface area contributed by atoms with Gasteiger partial charge in [-0.2, -0.15) is 20.5 Å². The first-order valence-corrected chi connectivity index (χ1v) is 10.9. The van der Waals surface area contributed by atoms with E-state index in [1.807, 2.05) is 48.5 Å². The standard InChI is InChI=1S/C26H28N4O2/c1-3-4-5-6-19-32-26-17-15-25(16-18-26)30-29-24-13-11-23(12-14-24)28-27-22-9-7-21(8-10-22)20(2)31/h7-18H,3-6,19H2,1-2H3. The van der Waals surface area contributed by atoms with E-state index in [2.05, 4.69) is 27.4 Å². The third kappa shape index (κ3) is 7.54. The smallest absolute Gasteiger partial charge is 0.159 e. The number of unbranched alkanes of at least 4 members (excludes halogenated alkanes) is 3. The van der Waals surface area contributed by atoms with Crippen molar-refractivity contribution in [2.24, 2.45) is 20.5 Å². The molecule has 0 unspecified atom stereocenters. The van der Waals surface area contributed by atoms with E-state index in [0.29, 0.717) is 16.9 Å². The summed E-state index contributed by atoms with van der Waals surface area (Å²) >= 11 is 0. The Kier molecular flexibility index (Phi) is 8.80. The Morgan fingerprint density at radius 2 is 1.09 bits per heavy atom. The zero-order valence-electron chi connectivity index (χ0n) is 18.6. The lowest BCUT2D eigenvalue weighted by molar-refractivity contribution is 0.101. The van der Waals surface area contributed by atoms with E-state index in [1.54, 1.807) is 24.3 Å². The van der Waals surface area contributed by atoms with Crippen LogP contribution in [0.15, 0.2) is 93.3 Å². The number of nitrogens with zero attached hydrogens (tertiary/aromatic N) is 4. The van der Waals surface area contributed by atoms with Gasteiger partial charge in [0.05, 0.1) is 29.4 Å². The van der Waals surface area contributed by atoms with Gasteiger partial charge in [-0.15, -0.1) is 0 Å². The molecule has 0 saturated heterocycles. The minimum atomic E-state index is 0.0281. The van der Waals surface area contributed by atoms with Crippen molar-refractivity contribution < 1.29 is 9.53 Å². The molecule has 0 aromatic heterocycles. The predicted molar refractivity (Wildman–Crippen MR) is 127 cm³/mol. The lowest BCUT2D eigenvalue weighted by Crippen LogP contribution is -1.96. The van der Waals surface area contributed by atoms with Crippen LogP contribution in [0.4, 0.5) is 22.7 Å². The van der Waals surface area contributed by atoms with Crippen molar-refractivity contribution in [2.75, 3.05) is 6.61 Å². The average molecular weight is 429 g/mol. The first-order valence-electron chi connectivity index (χ1n) is 10.9. The Morgan fingerprint density at radius 3 is 1.53 bits per heavy atom. The lowest BCUT2D eigenvalue weighted by Gasteiger charge is -2.05. The SMILES string of the molecule is CCCCCCOc1ccc(N=Nc2ccc(N=Nc3ccc(C(C)=O)cc3)cc2)cc1. The number of benzene rings is 3. The Bertz CT molecular complexity index is 1040. The monoisotopic (exact) mass is 428 g/mol. The number of carbonyl (C=O) groups excluding carboxylic acids is 1. The molecule has 0 N–H and O–H groups in total. The number of ether oxygens (including phenoxy) is 1. The second-order valence-corrected chi connectivity index (χ2v) is 7.42. The van der Waals surface area contributed by atoms with E-state index in [-0.39, 0.29) is 5.78 Å². The molecule has 6 heteroatoms. The fraction of sp³-hybridized carbons (Fsp3) is 0.269. The first-order chi connectivity index (χ1) is 15.6. The molecule has 0 saturated carbocycles. The molecule has 0 aliphatic carbocycles. The van der Waals surface area contributed by atoms with Crippen molar-refractivity contribution >= 4 is 28.5 Å². The summed E-state index contributed by atoms with van der Waals surface area (Å²) in [6.07, 6.45) is 4.76. The molecule has 3 aromatic rings. The van der Waals surface area contributed by atoms with Crippen LogP contribution in [-0.4, -0.2) is 12.4 Å². The Labute approximate surface area is 189 Å². The fourth-order valence-corrected chi connectivity index (χ4v) is 2.91. The second-order valence-electron chi connectivity index (χ2n) is 7.42. The average Bonchev–Trinajstić information content (AvgIpc) is 2.83. The maximum atomic E-state index is 11.3. The van der Waals surface area contributed by atoms with Crippen molar-refractivity contribution in [1.82, 2.24) is 0 Å². The molecule has 0 aliphatic rings. The number of carbonyl (C=O) groups is 1. The largest absolute Gasteiger partial charge is 0.494 e. The molecular weight excluding hydrogens is 400 g/mol. The van der Waals surface area contributed by atoms with Crippen LogP contribution in [0.2, 0.25) is 0 Å². The molecular formula is C26H28N4O2. The number of Topliss-reactive ketones (excluding diaryl/α,β-unsaturated/α-hetero) is 1. The zero-order chi connectivity index (χ0) is 22.6. The van der Waals surface area contributed by atoms with E-state index in [9.17, 15) is 4.79 Å². The molecule has 0 heterocycles. The highest BCUT2D eigenvalue weighted by Gasteiger charge is 1.99. The van der Waals surface area contributed by atoms with Crippen molar-refractivity contribution in [1.29, 1.82) is 0 Å². The van der Waals surface area contributed by atoms with Crippen LogP contribution in [0.5, 0.6) is 5.75 Å². The van der Waals surface area contributed by atoms with Gasteiger partial charge < -0.3 is 4.74 Å². The molecule has 0 spiro atoms. The Balaban J connectivity index is 1.51. The summed E-state index contributed by atoms with van der Waals surface area (Å²) in [6, 6.07) is 22.0. The van der Waals surface area contributed by atoms with Gasteiger partial charge in [0.15, 0.2) is 5.78 Å². The van der Waals surface area contributed by atoms with Crippen molar-refractivity contribution in [3.8, 4) is 5.75 Å². The number of hydrogen-bond donors (Lipinski definition) is 0. The lowest BCUT2D eigenvalue weighted by atomic mass is 10.1. The highest BCUT2D eigenvalue weighted by atomic mass is 16.5. The Hall–Kier alpha value is -3.67. The molecule has 6 nitrogen and oxygen atoms in total. The van der Waals surface area contributed by atoms with E-state index in [0.717, 1.165) is 30.2 Å². The molecule has 0 bridgehead atoms. The molecule has 0 fully saturated rings. The molecule has 0 amide bonds. The van der Waals surface area contributed by atoms with Crippen molar-refractivity contribution in [3.63, 3.8) is 0 Å². The van der Waals surface area contributed by atoms with E-state index < -0.39 is 0 Å². The minimum absolute atomic E-state index is 0.0281. The van der Waals surface area contributed by atoms with Gasteiger partial charge in [0.1, 0.15) is 5.75 Å². The molecule has 164 valence electrons. The van der Waals surface area contributed by atoms with Gasteiger partial charge in [0, 0.05) is 5.56 Å². The number of rotatable bonds is 11. The number of hydrogen-bond acceptors (Lipinski definition) is 6. The number of ketones is 1. The summed E-state index contributed by atoms with van der Waals surface area (Å²) in [5.74, 6) is 0.881. The minimum Gasteiger partial charge on any atom is -0.494 e. The van der Waals surface area contributed by atoms with Crippen LogP contribution in [0.25, 0.3) is 0 Å². The summed E-state index contributed by atoms with van der Waals surface area (Å²) in [5.41, 5.74) is 3.54. The van der Waals surface area contributed by atoms with Crippen molar-refractivity contribution in [3.05, 3.63) is 78.4 Å². The Morgan fingerprint density at radius 1 is 0.656 bits per heavy atom. The van der Waals surface area contributed by atoms with E-state index in [4.69, 9.17) is 4.74 Å². The van der Waals surface area contributed by atoms with Gasteiger partial charge >= 0.3 is 0 Å². The van der Waals surface area contributed by atoms with Gasteiger partial charge in [0.2, 0.25) is 0 Å². The van der Waals surface area contributed by atoms with Gasteiger partial charge in [-0.25, -0.2) is 0 Å². The summed E-state index contributed by atoms with van der Waals surface area (Å²) in [6.45, 7) is 4.48. The third-order valence-corrected chi connectivity index (χ3v) is 4.79. The molecule has 3 rings (SSSR count). The maximum absolute atomic E-state index is 11.3. The third-order valence-electron chi connectivity index (χ3n) is 4.79. The second kappa shape index (κ2) is 12.2.